The fraction of sp³-hybridized carbons (Fsp3) is 0.500. The van der Waals surface area contributed by atoms with Crippen LogP contribution in [0.4, 0.5) is 13.2 Å². The molecule has 0 amide bonds. The third-order valence-corrected chi connectivity index (χ3v) is 2.47. The van der Waals surface area contributed by atoms with Crippen LogP contribution in [0.5, 0.6) is 0 Å². The number of hydrogen-bond acceptors (Lipinski definition) is 3. The maximum Gasteiger partial charge on any atom is 0.411 e. The molecule has 0 bridgehead atoms. The Morgan fingerprint density at radius 3 is 2.75 bits per heavy atom. The van der Waals surface area contributed by atoms with Gasteiger partial charge in [0.2, 0.25) is 0 Å². The quantitative estimate of drug-likeness (QED) is 0.598. The summed E-state index contributed by atoms with van der Waals surface area (Å²) < 4.78 is 46.2. The van der Waals surface area contributed by atoms with Crippen molar-refractivity contribution in [2.75, 3.05) is 13.2 Å². The van der Waals surface area contributed by atoms with Crippen molar-refractivity contribution in [3.63, 3.8) is 0 Å². The molecule has 1 aromatic rings. The summed E-state index contributed by atoms with van der Waals surface area (Å²) in [5.74, 6) is 0.320. The number of hydrogen-bond donors (Lipinski definition) is 0. The predicted octanol–water partition coefficient (Wildman–Crippen LogP) is 3.20. The van der Waals surface area contributed by atoms with Gasteiger partial charge in [-0.15, -0.1) is 0 Å². The smallest absolute Gasteiger partial charge is 0.411 e. The van der Waals surface area contributed by atoms with Gasteiger partial charge in [0.15, 0.2) is 17.1 Å². The summed E-state index contributed by atoms with van der Waals surface area (Å²) in [5.41, 5.74) is 0.693. The van der Waals surface area contributed by atoms with Crippen molar-refractivity contribution in [3.05, 3.63) is 29.3 Å². The SMILES string of the molecule is C=C(OCC)c1cc(C(C)OCC(F)(F)F)nc(Cl)[nH+]1. The highest BCUT2D eigenvalue weighted by atomic mass is 35.5. The Bertz CT molecular complexity index is 480. The summed E-state index contributed by atoms with van der Waals surface area (Å²) in [6.07, 6.45) is -5.26. The van der Waals surface area contributed by atoms with E-state index >= 15 is 0 Å². The maximum atomic E-state index is 12.1. The second kappa shape index (κ2) is 6.90. The molecule has 0 aliphatic carbocycles. The topological polar surface area (TPSA) is 45.5 Å². The van der Waals surface area contributed by atoms with E-state index in [2.05, 4.69) is 16.5 Å². The Hall–Kier alpha value is -1.34. The number of nitrogens with zero attached hydrogens (tertiary/aromatic N) is 1. The molecule has 1 heterocycles. The number of aromatic nitrogens is 2. The zero-order valence-corrected chi connectivity index (χ0v) is 11.8. The monoisotopic (exact) mass is 311 g/mol. The van der Waals surface area contributed by atoms with E-state index < -0.39 is 18.9 Å². The van der Waals surface area contributed by atoms with Crippen LogP contribution in [0.15, 0.2) is 12.6 Å². The van der Waals surface area contributed by atoms with Crippen LogP contribution in [0.2, 0.25) is 5.28 Å². The average Bonchev–Trinajstić information content (AvgIpc) is 2.34. The van der Waals surface area contributed by atoms with Gasteiger partial charge in [0.25, 0.3) is 0 Å². The van der Waals surface area contributed by atoms with Crippen LogP contribution in [-0.2, 0) is 9.47 Å². The number of alkyl halides is 3. The molecule has 1 aromatic heterocycles. The summed E-state index contributed by atoms with van der Waals surface area (Å²) in [5, 5.41) is 0.0146. The first-order valence-electron chi connectivity index (χ1n) is 5.83. The lowest BCUT2D eigenvalue weighted by Gasteiger charge is -2.12. The number of H-pyrrole nitrogens is 1. The Kier molecular flexibility index (Phi) is 5.76. The van der Waals surface area contributed by atoms with Crippen molar-refractivity contribution < 1.29 is 27.6 Å². The van der Waals surface area contributed by atoms with Gasteiger partial charge in [-0.25, -0.2) is 4.98 Å². The first-order chi connectivity index (χ1) is 9.23. The van der Waals surface area contributed by atoms with Gasteiger partial charge in [0, 0.05) is 17.7 Å². The van der Waals surface area contributed by atoms with Crippen LogP contribution in [0.25, 0.3) is 5.76 Å². The second-order valence-corrected chi connectivity index (χ2v) is 4.29. The lowest BCUT2D eigenvalue weighted by atomic mass is 10.2. The van der Waals surface area contributed by atoms with E-state index in [0.29, 0.717) is 18.1 Å². The van der Waals surface area contributed by atoms with Gasteiger partial charge in [-0.3, -0.25) is 0 Å². The molecular formula is C12H15ClF3N2O2+. The molecule has 1 atom stereocenters. The number of halogens is 4. The summed E-state index contributed by atoms with van der Waals surface area (Å²) in [7, 11) is 0. The highest BCUT2D eigenvalue weighted by Crippen LogP contribution is 2.22. The standard InChI is InChI=1S/C12H14ClF3N2O2/c1-4-19-7(2)9-5-10(18-11(13)17-9)8(3)20-6-12(14,15)16/h5,8H,2,4,6H2,1,3H3/p+1. The first kappa shape index (κ1) is 16.7. The van der Waals surface area contributed by atoms with Gasteiger partial charge in [0.05, 0.1) is 6.61 Å². The largest absolute Gasteiger partial charge is 0.490 e. The van der Waals surface area contributed by atoms with Crippen LogP contribution >= 0.6 is 11.6 Å². The number of rotatable bonds is 6. The molecule has 0 fully saturated rings. The van der Waals surface area contributed by atoms with E-state index in [1.165, 1.54) is 13.0 Å². The molecule has 4 nitrogen and oxygen atoms in total. The molecule has 0 aliphatic rings. The summed E-state index contributed by atoms with van der Waals surface area (Å²) >= 11 is 5.79. The minimum atomic E-state index is -4.39. The lowest BCUT2D eigenvalue weighted by Crippen LogP contribution is -2.21. The minimum Gasteiger partial charge on any atom is -0.490 e. The summed E-state index contributed by atoms with van der Waals surface area (Å²) in [6.45, 7) is 5.97. The van der Waals surface area contributed by atoms with Crippen molar-refractivity contribution >= 4 is 17.4 Å². The van der Waals surface area contributed by atoms with Gasteiger partial charge >= 0.3 is 11.5 Å². The molecule has 0 aromatic carbocycles. The second-order valence-electron chi connectivity index (χ2n) is 3.94. The predicted molar refractivity (Wildman–Crippen MR) is 66.9 cm³/mol. The Balaban J connectivity index is 2.87. The van der Waals surface area contributed by atoms with Gasteiger partial charge in [-0.05, 0) is 18.8 Å². The summed E-state index contributed by atoms with van der Waals surface area (Å²) in [4.78, 5) is 6.61. The van der Waals surface area contributed by atoms with Crippen LogP contribution in [0, 0.1) is 0 Å². The molecule has 1 N–H and O–H groups in total. The number of ether oxygens (including phenoxy) is 2. The molecule has 8 heteroatoms. The molecule has 112 valence electrons. The van der Waals surface area contributed by atoms with Crippen molar-refractivity contribution in [3.8, 4) is 0 Å². The fourth-order valence-electron chi connectivity index (χ4n) is 1.38. The number of nitrogens with one attached hydrogen (secondary N) is 1. The Morgan fingerprint density at radius 1 is 1.55 bits per heavy atom. The van der Waals surface area contributed by atoms with Crippen LogP contribution < -0.4 is 4.98 Å². The van der Waals surface area contributed by atoms with Crippen molar-refractivity contribution in [1.82, 2.24) is 4.98 Å². The molecule has 0 radical (unpaired) electrons. The molecule has 20 heavy (non-hydrogen) atoms. The highest BCUT2D eigenvalue weighted by Gasteiger charge is 2.30. The third kappa shape index (κ3) is 5.34. The van der Waals surface area contributed by atoms with Gasteiger partial charge < -0.3 is 9.47 Å². The third-order valence-electron chi connectivity index (χ3n) is 2.29. The average molecular weight is 312 g/mol. The molecule has 1 rings (SSSR count). The van der Waals surface area contributed by atoms with E-state index in [9.17, 15) is 13.2 Å². The summed E-state index contributed by atoms with van der Waals surface area (Å²) in [6, 6.07) is 1.49. The molecule has 0 saturated carbocycles. The van der Waals surface area contributed by atoms with E-state index in [1.54, 1.807) is 6.92 Å². The fourth-order valence-corrected chi connectivity index (χ4v) is 1.58. The minimum absolute atomic E-state index is 0.0146. The van der Waals surface area contributed by atoms with Crippen LogP contribution in [-0.4, -0.2) is 24.4 Å². The lowest BCUT2D eigenvalue weighted by molar-refractivity contribution is -0.386. The molecule has 0 aliphatic heterocycles. The molecule has 0 spiro atoms. The molecular weight excluding hydrogens is 297 g/mol. The van der Waals surface area contributed by atoms with Gasteiger partial charge in [0.1, 0.15) is 12.7 Å². The van der Waals surface area contributed by atoms with E-state index in [-0.39, 0.29) is 11.0 Å². The number of aromatic amines is 1. The zero-order valence-electron chi connectivity index (χ0n) is 11.1. The van der Waals surface area contributed by atoms with E-state index in [1.807, 2.05) is 0 Å². The van der Waals surface area contributed by atoms with Crippen molar-refractivity contribution in [2.45, 2.75) is 26.1 Å². The van der Waals surface area contributed by atoms with Crippen LogP contribution in [0.1, 0.15) is 31.3 Å². The zero-order chi connectivity index (χ0) is 15.3. The van der Waals surface area contributed by atoms with Gasteiger partial charge in [-0.1, -0.05) is 6.58 Å². The highest BCUT2D eigenvalue weighted by molar-refractivity contribution is 6.27. The molecule has 1 unspecified atom stereocenters. The molecule has 0 saturated heterocycles. The van der Waals surface area contributed by atoms with E-state index in [4.69, 9.17) is 21.1 Å². The van der Waals surface area contributed by atoms with Crippen molar-refractivity contribution in [1.29, 1.82) is 0 Å². The van der Waals surface area contributed by atoms with E-state index in [0.717, 1.165) is 0 Å². The first-order valence-corrected chi connectivity index (χ1v) is 6.21. The van der Waals surface area contributed by atoms with Crippen molar-refractivity contribution in [2.24, 2.45) is 0 Å². The van der Waals surface area contributed by atoms with Gasteiger partial charge in [-0.2, -0.15) is 13.2 Å². The Labute approximate surface area is 119 Å². The van der Waals surface area contributed by atoms with Crippen LogP contribution in [0.3, 0.4) is 0 Å². The normalized spacial score (nSPS) is 13.1. The Morgan fingerprint density at radius 2 is 2.20 bits per heavy atom. The maximum absolute atomic E-state index is 12.1.